The number of nitrogens with two attached hydrogens (primary N) is 1. The molecule has 1 aromatic heterocycles. The van der Waals surface area contributed by atoms with E-state index in [0.717, 1.165) is 25.7 Å². The average molecular weight is 312 g/mol. The Balaban J connectivity index is 2.26. The fraction of sp³-hybridized carbons (Fsp3) is 0.500. The molecule has 1 atom stereocenters. The highest BCUT2D eigenvalue weighted by Crippen LogP contribution is 2.22. The molecule has 1 aliphatic rings. The lowest BCUT2D eigenvalue weighted by atomic mass is 9.91. The predicted octanol–water partition coefficient (Wildman–Crippen LogP) is 1.29. The normalized spacial score (nSPS) is 17.9. The number of H-pyrrole nitrogens is 1. The van der Waals surface area contributed by atoms with Gasteiger partial charge in [-0.25, -0.2) is 4.79 Å². The smallest absolute Gasteiger partial charge is 0.329 e. The van der Waals surface area contributed by atoms with E-state index in [1.165, 1.54) is 4.57 Å². The number of ketones is 1. The summed E-state index contributed by atoms with van der Waals surface area (Å²) in [6, 6.07) is 0. The number of hydrogen-bond donors (Lipinski definition) is 2. The Morgan fingerprint density at radius 1 is 1.43 bits per heavy atom. The van der Waals surface area contributed by atoms with Gasteiger partial charge in [-0.1, -0.05) is 12.2 Å². The molecule has 0 saturated carbocycles. The van der Waals surface area contributed by atoms with Crippen LogP contribution in [0.1, 0.15) is 36.0 Å². The second kappa shape index (κ2) is 6.76. The summed E-state index contributed by atoms with van der Waals surface area (Å²) in [6.45, 7) is 0.377. The fourth-order valence-electron chi connectivity index (χ4n) is 2.58. The Hall–Kier alpha value is -1.82. The number of alkyl halides is 1. The molecule has 2 rings (SSSR count). The summed E-state index contributed by atoms with van der Waals surface area (Å²) in [7, 11) is 0. The number of Topliss-reactive ketones (excluding diaryl/α,β-unsaturated/α-hetero) is 1. The molecule has 0 radical (unpaired) electrons. The van der Waals surface area contributed by atoms with Gasteiger partial charge in [-0.15, -0.1) is 11.6 Å². The minimum absolute atomic E-state index is 0.0965. The maximum Gasteiger partial charge on any atom is 0.329 e. The quantitative estimate of drug-likeness (QED) is 0.486. The predicted molar refractivity (Wildman–Crippen MR) is 81.9 cm³/mol. The lowest BCUT2D eigenvalue weighted by molar-refractivity contribution is 0.101. The van der Waals surface area contributed by atoms with Gasteiger partial charge < -0.3 is 5.73 Å². The second-order valence-electron chi connectivity index (χ2n) is 5.17. The van der Waals surface area contributed by atoms with Crippen LogP contribution in [0.3, 0.4) is 0 Å². The van der Waals surface area contributed by atoms with Crippen molar-refractivity contribution in [1.82, 2.24) is 9.55 Å². The first kappa shape index (κ1) is 15.6. The van der Waals surface area contributed by atoms with E-state index >= 15 is 0 Å². The van der Waals surface area contributed by atoms with Gasteiger partial charge in [0.05, 0.1) is 5.88 Å². The summed E-state index contributed by atoms with van der Waals surface area (Å²) in [4.78, 5) is 37.3. The molecule has 1 unspecified atom stereocenters. The largest absolute Gasteiger partial charge is 0.384 e. The third-order valence-corrected chi connectivity index (χ3v) is 4.02. The molecule has 0 saturated heterocycles. The average Bonchev–Trinajstić information content (AvgIpc) is 2.47. The molecular formula is C14H18ClN3O3. The molecule has 21 heavy (non-hydrogen) atoms. The van der Waals surface area contributed by atoms with Crippen LogP contribution in [-0.4, -0.2) is 21.2 Å². The molecule has 1 heterocycles. The number of anilines is 1. The van der Waals surface area contributed by atoms with E-state index in [2.05, 4.69) is 17.1 Å². The monoisotopic (exact) mass is 311 g/mol. The number of nitrogens with zero attached hydrogens (tertiary/aromatic N) is 1. The molecule has 6 nitrogen and oxygen atoms in total. The topological polar surface area (TPSA) is 98.0 Å². The molecule has 0 bridgehead atoms. The number of rotatable bonds is 5. The Morgan fingerprint density at radius 3 is 2.81 bits per heavy atom. The maximum atomic E-state index is 11.9. The number of carbonyl (C=O) groups excluding carboxylic acids is 1. The number of aromatic nitrogens is 2. The molecule has 1 aromatic rings. The SMILES string of the molecule is Nc1c(C(=O)CCl)c(=O)[nH]c(=O)n1CCC1CC=CCC1. The van der Waals surface area contributed by atoms with E-state index in [4.69, 9.17) is 17.3 Å². The Labute approximate surface area is 126 Å². The van der Waals surface area contributed by atoms with Crippen LogP contribution >= 0.6 is 11.6 Å². The van der Waals surface area contributed by atoms with Gasteiger partial charge in [0.15, 0.2) is 5.78 Å². The number of halogens is 1. The zero-order valence-corrected chi connectivity index (χ0v) is 12.4. The van der Waals surface area contributed by atoms with Gasteiger partial charge in [0, 0.05) is 6.54 Å². The van der Waals surface area contributed by atoms with E-state index in [-0.39, 0.29) is 17.3 Å². The highest BCUT2D eigenvalue weighted by atomic mass is 35.5. The van der Waals surface area contributed by atoms with Gasteiger partial charge in [0.25, 0.3) is 5.56 Å². The van der Waals surface area contributed by atoms with Gasteiger partial charge in [-0.3, -0.25) is 19.1 Å². The minimum Gasteiger partial charge on any atom is -0.384 e. The van der Waals surface area contributed by atoms with Crippen molar-refractivity contribution in [2.75, 3.05) is 11.6 Å². The van der Waals surface area contributed by atoms with Crippen molar-refractivity contribution in [1.29, 1.82) is 0 Å². The van der Waals surface area contributed by atoms with Crippen molar-refractivity contribution in [2.24, 2.45) is 5.92 Å². The molecule has 1 aliphatic carbocycles. The summed E-state index contributed by atoms with van der Waals surface area (Å²) in [5.74, 6) is -0.537. The van der Waals surface area contributed by atoms with Crippen LogP contribution in [0.4, 0.5) is 5.82 Å². The lowest BCUT2D eigenvalue weighted by Gasteiger charge is -2.19. The summed E-state index contributed by atoms with van der Waals surface area (Å²) in [6.07, 6.45) is 8.14. The van der Waals surface area contributed by atoms with Crippen LogP contribution < -0.4 is 17.0 Å². The fourth-order valence-corrected chi connectivity index (χ4v) is 2.71. The minimum atomic E-state index is -0.778. The van der Waals surface area contributed by atoms with E-state index in [0.29, 0.717) is 12.5 Å². The van der Waals surface area contributed by atoms with Crippen molar-refractivity contribution in [3.8, 4) is 0 Å². The summed E-state index contributed by atoms with van der Waals surface area (Å²) in [5, 5.41) is 0. The van der Waals surface area contributed by atoms with Crippen LogP contribution in [-0.2, 0) is 6.54 Å². The Morgan fingerprint density at radius 2 is 2.19 bits per heavy atom. The van der Waals surface area contributed by atoms with Crippen LogP contribution in [0.15, 0.2) is 21.7 Å². The van der Waals surface area contributed by atoms with Crippen molar-refractivity contribution >= 4 is 23.2 Å². The number of nitrogen functional groups attached to an aromatic ring is 1. The van der Waals surface area contributed by atoms with Crippen molar-refractivity contribution < 1.29 is 4.79 Å². The summed E-state index contributed by atoms with van der Waals surface area (Å²) >= 11 is 5.47. The molecule has 3 N–H and O–H groups in total. The summed E-state index contributed by atoms with van der Waals surface area (Å²) in [5.41, 5.74) is 4.23. The van der Waals surface area contributed by atoms with Crippen LogP contribution in [0, 0.1) is 5.92 Å². The number of allylic oxidation sites excluding steroid dienone is 2. The zero-order chi connectivity index (χ0) is 15.4. The van der Waals surface area contributed by atoms with E-state index in [9.17, 15) is 14.4 Å². The third-order valence-electron chi connectivity index (χ3n) is 3.78. The van der Waals surface area contributed by atoms with E-state index < -0.39 is 17.0 Å². The van der Waals surface area contributed by atoms with Gasteiger partial charge in [0.2, 0.25) is 0 Å². The molecule has 0 aliphatic heterocycles. The van der Waals surface area contributed by atoms with Gasteiger partial charge >= 0.3 is 5.69 Å². The standard InChI is InChI=1S/C14H18ClN3O3/c15-8-10(19)11-12(16)18(14(21)17-13(11)20)7-6-9-4-2-1-3-5-9/h1-2,9H,3-8,16H2,(H,17,20,21). The van der Waals surface area contributed by atoms with Crippen molar-refractivity contribution in [3.63, 3.8) is 0 Å². The zero-order valence-electron chi connectivity index (χ0n) is 11.6. The van der Waals surface area contributed by atoms with Crippen LogP contribution in [0.5, 0.6) is 0 Å². The number of hydrogen-bond acceptors (Lipinski definition) is 4. The number of carbonyl (C=O) groups is 1. The highest BCUT2D eigenvalue weighted by molar-refractivity contribution is 6.31. The Kier molecular flexibility index (Phi) is 5.01. The molecule has 0 spiro atoms. The highest BCUT2D eigenvalue weighted by Gasteiger charge is 2.19. The van der Waals surface area contributed by atoms with Gasteiger partial charge in [-0.2, -0.15) is 0 Å². The van der Waals surface area contributed by atoms with Crippen molar-refractivity contribution in [2.45, 2.75) is 32.2 Å². The molecule has 0 fully saturated rings. The third kappa shape index (κ3) is 3.44. The van der Waals surface area contributed by atoms with E-state index in [1.54, 1.807) is 0 Å². The molecule has 0 aromatic carbocycles. The lowest BCUT2D eigenvalue weighted by Crippen LogP contribution is -2.36. The van der Waals surface area contributed by atoms with Gasteiger partial charge in [0.1, 0.15) is 11.4 Å². The van der Waals surface area contributed by atoms with Gasteiger partial charge in [-0.05, 0) is 31.6 Å². The second-order valence-corrected chi connectivity index (χ2v) is 5.43. The molecule has 0 amide bonds. The first-order valence-corrected chi connectivity index (χ1v) is 7.44. The maximum absolute atomic E-state index is 11.9. The molecule has 7 heteroatoms. The Bertz CT molecular complexity index is 675. The number of aromatic amines is 1. The van der Waals surface area contributed by atoms with E-state index in [1.807, 2.05) is 0 Å². The van der Waals surface area contributed by atoms with Crippen LogP contribution in [0.2, 0.25) is 0 Å². The number of nitrogens with one attached hydrogen (secondary N) is 1. The van der Waals surface area contributed by atoms with Crippen molar-refractivity contribution in [3.05, 3.63) is 38.6 Å². The molecule has 114 valence electrons. The first-order chi connectivity index (χ1) is 10.0. The molecular weight excluding hydrogens is 294 g/mol. The summed E-state index contributed by atoms with van der Waals surface area (Å²) < 4.78 is 1.25. The first-order valence-electron chi connectivity index (χ1n) is 6.91. The van der Waals surface area contributed by atoms with Crippen LogP contribution in [0.25, 0.3) is 0 Å².